The van der Waals surface area contributed by atoms with E-state index in [1.165, 1.54) is 0 Å². The van der Waals surface area contributed by atoms with Crippen LogP contribution in [0.1, 0.15) is 26.6 Å². The monoisotopic (exact) mass is 265 g/mol. The predicted molar refractivity (Wildman–Crippen MR) is 82.0 cm³/mol. The van der Waals surface area contributed by atoms with Gasteiger partial charge in [-0.3, -0.25) is 4.57 Å². The molecule has 1 aromatic carbocycles. The molecule has 2 aromatic heterocycles. The molecule has 3 aromatic rings. The number of nitrogens with zero attached hydrogens (tertiary/aromatic N) is 3. The van der Waals surface area contributed by atoms with E-state index in [0.29, 0.717) is 0 Å². The van der Waals surface area contributed by atoms with E-state index < -0.39 is 0 Å². The zero-order valence-corrected chi connectivity index (χ0v) is 12.2. The third-order valence-corrected chi connectivity index (χ3v) is 3.20. The number of benzene rings is 1. The van der Waals surface area contributed by atoms with Gasteiger partial charge in [-0.05, 0) is 29.7 Å². The van der Waals surface area contributed by atoms with Crippen LogP contribution in [0.15, 0.2) is 48.7 Å². The molecule has 0 unspecified atom stereocenters. The first-order chi connectivity index (χ1) is 9.54. The molecular weight excluding hydrogens is 246 g/mol. The normalized spacial score (nSPS) is 11.9. The van der Waals surface area contributed by atoms with E-state index in [4.69, 9.17) is 4.98 Å². The van der Waals surface area contributed by atoms with E-state index in [-0.39, 0.29) is 5.41 Å². The summed E-state index contributed by atoms with van der Waals surface area (Å²) in [7, 11) is 0. The fourth-order valence-corrected chi connectivity index (χ4v) is 2.41. The fraction of sp³-hybridized carbons (Fsp3) is 0.294. The molecule has 3 nitrogen and oxygen atoms in total. The van der Waals surface area contributed by atoms with Gasteiger partial charge in [-0.1, -0.05) is 39.0 Å². The number of aromatic nitrogens is 3. The van der Waals surface area contributed by atoms with Gasteiger partial charge in [-0.25, -0.2) is 9.97 Å². The minimum Gasteiger partial charge on any atom is -0.280 e. The lowest BCUT2D eigenvalue weighted by Crippen LogP contribution is -2.14. The van der Waals surface area contributed by atoms with Gasteiger partial charge in [-0.2, -0.15) is 0 Å². The number of pyridine rings is 1. The fourth-order valence-electron chi connectivity index (χ4n) is 2.41. The first kappa shape index (κ1) is 12.9. The van der Waals surface area contributed by atoms with Crippen LogP contribution in [0.4, 0.5) is 0 Å². The summed E-state index contributed by atoms with van der Waals surface area (Å²) in [5.41, 5.74) is 2.33. The number of hydrogen-bond acceptors (Lipinski definition) is 2. The van der Waals surface area contributed by atoms with Crippen molar-refractivity contribution in [3.05, 3.63) is 54.5 Å². The average Bonchev–Trinajstić information content (AvgIpc) is 2.75. The van der Waals surface area contributed by atoms with Gasteiger partial charge in [0.05, 0.1) is 11.0 Å². The van der Waals surface area contributed by atoms with Gasteiger partial charge in [0, 0.05) is 12.6 Å². The summed E-state index contributed by atoms with van der Waals surface area (Å²) in [6.45, 7) is 6.69. The average molecular weight is 265 g/mol. The minimum absolute atomic E-state index is 0.188. The molecule has 0 aliphatic heterocycles. The molecule has 20 heavy (non-hydrogen) atoms. The Morgan fingerprint density at radius 3 is 2.45 bits per heavy atom. The second-order valence-corrected chi connectivity index (χ2v) is 6.28. The lowest BCUT2D eigenvalue weighted by atomic mass is 9.92. The van der Waals surface area contributed by atoms with Crippen LogP contribution in [-0.2, 0) is 6.42 Å². The van der Waals surface area contributed by atoms with Crippen LogP contribution in [0.25, 0.3) is 16.9 Å². The smallest absolute Gasteiger partial charge is 0.138 e. The molecule has 0 aliphatic carbocycles. The molecule has 0 bridgehead atoms. The summed E-state index contributed by atoms with van der Waals surface area (Å²) in [5.74, 6) is 2.00. The zero-order valence-electron chi connectivity index (χ0n) is 12.2. The maximum atomic E-state index is 4.80. The second-order valence-electron chi connectivity index (χ2n) is 6.28. The van der Waals surface area contributed by atoms with Crippen LogP contribution in [-0.4, -0.2) is 14.5 Å². The third kappa shape index (κ3) is 2.44. The summed E-state index contributed by atoms with van der Waals surface area (Å²) in [4.78, 5) is 9.28. The molecule has 102 valence electrons. The molecule has 2 heterocycles. The van der Waals surface area contributed by atoms with Gasteiger partial charge in [0.2, 0.25) is 0 Å². The Bertz CT molecular complexity index is 721. The van der Waals surface area contributed by atoms with Gasteiger partial charge >= 0.3 is 0 Å². The number of hydrogen-bond donors (Lipinski definition) is 0. The van der Waals surface area contributed by atoms with Crippen molar-refractivity contribution in [2.45, 2.75) is 27.2 Å². The van der Waals surface area contributed by atoms with E-state index >= 15 is 0 Å². The van der Waals surface area contributed by atoms with Crippen molar-refractivity contribution in [1.82, 2.24) is 14.5 Å². The van der Waals surface area contributed by atoms with Crippen LogP contribution in [0.2, 0.25) is 0 Å². The molecule has 0 aliphatic rings. The standard InChI is InChI=1S/C17H19N3/c1-17(2,3)12-16-19-13-8-4-5-9-14(13)20(16)15-10-6-7-11-18-15/h4-11H,12H2,1-3H3. The molecule has 0 fully saturated rings. The Balaban J connectivity index is 2.24. The molecule has 3 rings (SSSR count). The number of rotatable bonds is 2. The number of fused-ring (bicyclic) bond motifs is 1. The summed E-state index contributed by atoms with van der Waals surface area (Å²) in [5, 5.41) is 0. The largest absolute Gasteiger partial charge is 0.280 e. The predicted octanol–water partition coefficient (Wildman–Crippen LogP) is 4.01. The summed E-state index contributed by atoms with van der Waals surface area (Å²) in [6, 6.07) is 14.2. The molecule has 0 saturated heterocycles. The Morgan fingerprint density at radius 1 is 1.00 bits per heavy atom. The summed E-state index contributed by atoms with van der Waals surface area (Å²) >= 11 is 0. The van der Waals surface area contributed by atoms with E-state index in [2.05, 4.69) is 42.5 Å². The van der Waals surface area contributed by atoms with Gasteiger partial charge in [0.15, 0.2) is 0 Å². The van der Waals surface area contributed by atoms with Crippen molar-refractivity contribution in [3.8, 4) is 5.82 Å². The van der Waals surface area contributed by atoms with Crippen molar-refractivity contribution < 1.29 is 0 Å². The van der Waals surface area contributed by atoms with Crippen molar-refractivity contribution >= 4 is 11.0 Å². The lowest BCUT2D eigenvalue weighted by molar-refractivity contribution is 0.399. The highest BCUT2D eigenvalue weighted by atomic mass is 15.1. The highest BCUT2D eigenvalue weighted by Crippen LogP contribution is 2.26. The highest BCUT2D eigenvalue weighted by molar-refractivity contribution is 5.77. The molecule has 3 heteroatoms. The molecule has 0 atom stereocenters. The van der Waals surface area contributed by atoms with Gasteiger partial charge < -0.3 is 0 Å². The van der Waals surface area contributed by atoms with Crippen molar-refractivity contribution in [2.75, 3.05) is 0 Å². The molecule has 0 radical (unpaired) electrons. The van der Waals surface area contributed by atoms with E-state index in [1.807, 2.05) is 36.5 Å². The second kappa shape index (κ2) is 4.75. The first-order valence-electron chi connectivity index (χ1n) is 6.92. The minimum atomic E-state index is 0.188. The number of imidazole rings is 1. The van der Waals surface area contributed by atoms with Crippen molar-refractivity contribution in [2.24, 2.45) is 5.41 Å². The Morgan fingerprint density at radius 2 is 1.75 bits per heavy atom. The van der Waals surface area contributed by atoms with E-state index in [1.54, 1.807) is 0 Å². The maximum absolute atomic E-state index is 4.80. The third-order valence-electron chi connectivity index (χ3n) is 3.20. The van der Waals surface area contributed by atoms with Gasteiger partial charge in [0.1, 0.15) is 11.6 Å². The SMILES string of the molecule is CC(C)(C)Cc1nc2ccccc2n1-c1ccccn1. The van der Waals surface area contributed by atoms with Crippen LogP contribution >= 0.6 is 0 Å². The molecule has 0 saturated carbocycles. The Labute approximate surface area is 119 Å². The first-order valence-corrected chi connectivity index (χ1v) is 6.92. The van der Waals surface area contributed by atoms with Gasteiger partial charge in [0.25, 0.3) is 0 Å². The van der Waals surface area contributed by atoms with Crippen molar-refractivity contribution in [1.29, 1.82) is 0 Å². The van der Waals surface area contributed by atoms with Crippen LogP contribution in [0.3, 0.4) is 0 Å². The van der Waals surface area contributed by atoms with Crippen LogP contribution < -0.4 is 0 Å². The molecule has 0 N–H and O–H groups in total. The highest BCUT2D eigenvalue weighted by Gasteiger charge is 2.19. The van der Waals surface area contributed by atoms with Crippen LogP contribution in [0, 0.1) is 5.41 Å². The van der Waals surface area contributed by atoms with Crippen molar-refractivity contribution in [3.63, 3.8) is 0 Å². The summed E-state index contributed by atoms with van der Waals surface area (Å²) < 4.78 is 2.17. The number of para-hydroxylation sites is 2. The Kier molecular flexibility index (Phi) is 3.05. The maximum Gasteiger partial charge on any atom is 0.138 e. The quantitative estimate of drug-likeness (QED) is 0.701. The molecule has 0 amide bonds. The topological polar surface area (TPSA) is 30.7 Å². The zero-order chi connectivity index (χ0) is 14.2. The molecular formula is C17H19N3. The van der Waals surface area contributed by atoms with E-state index in [0.717, 1.165) is 29.1 Å². The molecule has 0 spiro atoms. The van der Waals surface area contributed by atoms with Crippen LogP contribution in [0.5, 0.6) is 0 Å². The lowest BCUT2D eigenvalue weighted by Gasteiger charge is -2.18. The van der Waals surface area contributed by atoms with E-state index in [9.17, 15) is 0 Å². The Hall–Kier alpha value is -2.16. The summed E-state index contributed by atoms with van der Waals surface area (Å²) in [6.07, 6.45) is 2.74. The van der Waals surface area contributed by atoms with Gasteiger partial charge in [-0.15, -0.1) is 0 Å².